The normalized spacial score (nSPS) is 20.2. The first kappa shape index (κ1) is 22.6. The molecule has 0 spiro atoms. The number of guanidine groups is 1. The Hall–Kier alpha value is -0.450. The molecule has 5 nitrogen and oxygen atoms in total. The van der Waals surface area contributed by atoms with Gasteiger partial charge in [-0.1, -0.05) is 15.9 Å². The molecule has 2 rings (SSSR count). The molecule has 8 heteroatoms. The van der Waals surface area contributed by atoms with Crippen LogP contribution in [0.5, 0.6) is 0 Å². The maximum Gasteiger partial charge on any atom is 0.191 e. The quantitative estimate of drug-likeness (QED) is 0.288. The van der Waals surface area contributed by atoms with E-state index in [0.717, 1.165) is 24.0 Å². The minimum absolute atomic E-state index is 0. The zero-order chi connectivity index (χ0) is 17.4. The van der Waals surface area contributed by atoms with Crippen molar-refractivity contribution < 1.29 is 14.2 Å². The molecule has 1 aliphatic rings. The van der Waals surface area contributed by atoms with Crippen LogP contribution in [-0.2, 0) is 11.3 Å². The van der Waals surface area contributed by atoms with Crippen LogP contribution in [0.1, 0.15) is 25.3 Å². The summed E-state index contributed by atoms with van der Waals surface area (Å²) < 4.78 is 20.2. The summed E-state index contributed by atoms with van der Waals surface area (Å²) in [5, 5.41) is 15.8. The van der Waals surface area contributed by atoms with Crippen molar-refractivity contribution >= 4 is 45.9 Å². The van der Waals surface area contributed by atoms with Crippen LogP contribution in [-0.4, -0.2) is 44.0 Å². The van der Waals surface area contributed by atoms with Crippen LogP contribution in [0, 0.1) is 11.2 Å². The van der Waals surface area contributed by atoms with Gasteiger partial charge in [-0.15, -0.1) is 24.0 Å². The molecule has 0 amide bonds. The summed E-state index contributed by atoms with van der Waals surface area (Å²) in [6.45, 7) is 5.13. The minimum atomic E-state index is -0.265. The van der Waals surface area contributed by atoms with Gasteiger partial charge in [-0.05, 0) is 38.0 Å². The van der Waals surface area contributed by atoms with Crippen LogP contribution in [0.25, 0.3) is 0 Å². The van der Waals surface area contributed by atoms with Crippen LogP contribution in [0.3, 0.4) is 0 Å². The molecule has 0 aliphatic carbocycles. The molecule has 0 saturated carbocycles. The number of nitrogens with zero attached hydrogens (tertiary/aromatic N) is 1. The van der Waals surface area contributed by atoms with Crippen molar-refractivity contribution in [3.63, 3.8) is 0 Å². The van der Waals surface area contributed by atoms with E-state index in [0.29, 0.717) is 31.1 Å². The molecule has 1 aromatic rings. The first-order valence-corrected chi connectivity index (χ1v) is 9.02. The second-order valence-electron chi connectivity index (χ2n) is 6.06. The third-order valence-corrected chi connectivity index (χ3v) is 4.71. The SMILES string of the molecule is CCNC(=NCc1cc(Br)ccc1F)NCC1(CCO)CCOC1.I. The summed E-state index contributed by atoms with van der Waals surface area (Å²) in [6, 6.07) is 4.84. The van der Waals surface area contributed by atoms with Crippen LogP contribution in [0.4, 0.5) is 4.39 Å². The van der Waals surface area contributed by atoms with Gasteiger partial charge >= 0.3 is 0 Å². The van der Waals surface area contributed by atoms with E-state index < -0.39 is 0 Å². The van der Waals surface area contributed by atoms with Gasteiger partial charge in [0.1, 0.15) is 5.82 Å². The fraction of sp³-hybridized carbons (Fsp3) is 0.588. The molecule has 0 aromatic heterocycles. The fourth-order valence-corrected chi connectivity index (χ4v) is 3.16. The molecule has 25 heavy (non-hydrogen) atoms. The monoisotopic (exact) mass is 529 g/mol. The number of benzene rings is 1. The lowest BCUT2D eigenvalue weighted by Crippen LogP contribution is -2.44. The van der Waals surface area contributed by atoms with Crippen LogP contribution in [0.15, 0.2) is 27.7 Å². The molecule has 1 aliphatic heterocycles. The Balaban J connectivity index is 0.00000312. The minimum Gasteiger partial charge on any atom is -0.396 e. The highest BCUT2D eigenvalue weighted by atomic mass is 127. The summed E-state index contributed by atoms with van der Waals surface area (Å²) in [6.07, 6.45) is 1.61. The lowest BCUT2D eigenvalue weighted by molar-refractivity contribution is 0.127. The Morgan fingerprint density at radius 3 is 2.88 bits per heavy atom. The summed E-state index contributed by atoms with van der Waals surface area (Å²) in [5.74, 6) is 0.375. The number of aliphatic hydroxyl groups excluding tert-OH is 1. The number of hydrogen-bond donors (Lipinski definition) is 3. The van der Waals surface area contributed by atoms with Crippen molar-refractivity contribution in [1.29, 1.82) is 0 Å². The van der Waals surface area contributed by atoms with Gasteiger partial charge in [0.25, 0.3) is 0 Å². The maximum absolute atomic E-state index is 13.8. The predicted octanol–water partition coefficient (Wildman–Crippen LogP) is 3.05. The first-order chi connectivity index (χ1) is 11.6. The third-order valence-electron chi connectivity index (χ3n) is 4.22. The van der Waals surface area contributed by atoms with Crippen molar-refractivity contribution in [3.8, 4) is 0 Å². The van der Waals surface area contributed by atoms with Gasteiger partial charge in [-0.3, -0.25) is 0 Å². The van der Waals surface area contributed by atoms with E-state index in [-0.39, 0.29) is 48.4 Å². The van der Waals surface area contributed by atoms with E-state index in [1.807, 2.05) is 6.92 Å². The highest BCUT2D eigenvalue weighted by Crippen LogP contribution is 2.31. The van der Waals surface area contributed by atoms with E-state index >= 15 is 0 Å². The Morgan fingerprint density at radius 1 is 1.44 bits per heavy atom. The van der Waals surface area contributed by atoms with Crippen molar-refractivity contribution in [1.82, 2.24) is 10.6 Å². The smallest absolute Gasteiger partial charge is 0.191 e. The van der Waals surface area contributed by atoms with Crippen molar-refractivity contribution in [2.75, 3.05) is 32.9 Å². The molecule has 0 radical (unpaired) electrons. The summed E-state index contributed by atoms with van der Waals surface area (Å²) in [7, 11) is 0. The van der Waals surface area contributed by atoms with E-state index in [4.69, 9.17) is 4.74 Å². The number of aliphatic imine (C=N–C) groups is 1. The highest BCUT2D eigenvalue weighted by Gasteiger charge is 2.34. The van der Waals surface area contributed by atoms with Gasteiger partial charge < -0.3 is 20.5 Å². The Labute approximate surface area is 174 Å². The van der Waals surface area contributed by atoms with Gasteiger partial charge in [0.2, 0.25) is 0 Å². The van der Waals surface area contributed by atoms with Crippen molar-refractivity contribution in [2.24, 2.45) is 10.4 Å². The van der Waals surface area contributed by atoms with E-state index in [1.54, 1.807) is 12.1 Å². The second-order valence-corrected chi connectivity index (χ2v) is 6.98. The zero-order valence-corrected chi connectivity index (χ0v) is 18.3. The topological polar surface area (TPSA) is 65.9 Å². The maximum atomic E-state index is 13.8. The highest BCUT2D eigenvalue weighted by molar-refractivity contribution is 14.0. The molecule has 3 N–H and O–H groups in total. The molecular weight excluding hydrogens is 504 g/mol. The van der Waals surface area contributed by atoms with Crippen LogP contribution >= 0.6 is 39.9 Å². The van der Waals surface area contributed by atoms with Crippen LogP contribution < -0.4 is 10.6 Å². The summed E-state index contributed by atoms with van der Waals surface area (Å²) >= 11 is 3.35. The number of aliphatic hydroxyl groups is 1. The Kier molecular flexibility index (Phi) is 10.2. The molecule has 1 atom stereocenters. The molecule has 1 fully saturated rings. The molecule has 1 heterocycles. The lowest BCUT2D eigenvalue weighted by atomic mass is 9.84. The molecule has 1 aromatic carbocycles. The molecule has 0 bridgehead atoms. The lowest BCUT2D eigenvalue weighted by Gasteiger charge is -2.27. The average molecular weight is 530 g/mol. The fourth-order valence-electron chi connectivity index (χ4n) is 2.75. The van der Waals surface area contributed by atoms with Gasteiger partial charge in [-0.25, -0.2) is 9.38 Å². The first-order valence-electron chi connectivity index (χ1n) is 8.23. The second kappa shape index (κ2) is 11.3. The zero-order valence-electron chi connectivity index (χ0n) is 14.4. The van der Waals surface area contributed by atoms with Crippen molar-refractivity contribution in [2.45, 2.75) is 26.3 Å². The Morgan fingerprint density at radius 2 is 2.24 bits per heavy atom. The number of rotatable bonds is 7. The molecule has 142 valence electrons. The van der Waals surface area contributed by atoms with E-state index in [1.165, 1.54) is 6.07 Å². The van der Waals surface area contributed by atoms with Crippen molar-refractivity contribution in [3.05, 3.63) is 34.1 Å². The largest absolute Gasteiger partial charge is 0.396 e. The molecular formula is C17H26BrFIN3O2. The van der Waals surface area contributed by atoms with Gasteiger partial charge in [0.05, 0.1) is 13.2 Å². The van der Waals surface area contributed by atoms with E-state index in [9.17, 15) is 9.50 Å². The summed E-state index contributed by atoms with van der Waals surface area (Å²) in [4.78, 5) is 4.47. The molecule has 1 saturated heterocycles. The number of hydrogen-bond acceptors (Lipinski definition) is 3. The van der Waals surface area contributed by atoms with Gasteiger partial charge in [-0.2, -0.15) is 0 Å². The Bertz CT molecular complexity index is 569. The van der Waals surface area contributed by atoms with Gasteiger partial charge in [0, 0.05) is 41.8 Å². The number of nitrogens with one attached hydrogen (secondary N) is 2. The standard InChI is InChI=1S/C17H25BrFN3O2.HI/c1-2-20-16(21-10-13-9-14(18)3-4-15(13)19)22-11-17(5-7-23)6-8-24-12-17;/h3-4,9,23H,2,5-8,10-12H2,1H3,(H2,20,21,22);1H. The predicted molar refractivity (Wildman–Crippen MR) is 112 cm³/mol. The number of ether oxygens (including phenoxy) is 1. The van der Waals surface area contributed by atoms with Gasteiger partial charge in [0.15, 0.2) is 5.96 Å². The van der Waals surface area contributed by atoms with Crippen LogP contribution in [0.2, 0.25) is 0 Å². The third kappa shape index (κ3) is 6.99. The average Bonchev–Trinajstić information content (AvgIpc) is 3.02. The molecule has 1 unspecified atom stereocenters. The number of halogens is 3. The van der Waals surface area contributed by atoms with E-state index in [2.05, 4.69) is 31.6 Å². The summed E-state index contributed by atoms with van der Waals surface area (Å²) in [5.41, 5.74) is 0.474.